The van der Waals surface area contributed by atoms with Gasteiger partial charge in [-0.1, -0.05) is 282 Å². The maximum Gasteiger partial charge on any atom is 0.155 e. The third kappa shape index (κ3) is 23.5. The van der Waals surface area contributed by atoms with Gasteiger partial charge in [0.2, 0.25) is 0 Å². The highest BCUT2D eigenvalue weighted by Gasteiger charge is 2.24. The third-order valence-electron chi connectivity index (χ3n) is 16.5. The number of hydrogen-bond donors (Lipinski definition) is 0. The average Bonchev–Trinajstić information content (AvgIpc) is 4.36. The van der Waals surface area contributed by atoms with Crippen LogP contribution >= 0.6 is 68.0 Å². The van der Waals surface area contributed by atoms with Crippen LogP contribution in [0, 0.1) is 13.8 Å². The van der Waals surface area contributed by atoms with E-state index in [0.29, 0.717) is 0 Å². The van der Waals surface area contributed by atoms with Crippen LogP contribution in [0.25, 0.3) is 48.9 Å². The van der Waals surface area contributed by atoms with E-state index in [-0.39, 0.29) is 0 Å². The number of thiazole rings is 2. The molecule has 0 saturated heterocycles. The van der Waals surface area contributed by atoms with Crippen LogP contribution in [0.1, 0.15) is 317 Å². The van der Waals surface area contributed by atoms with Gasteiger partial charge in [0.05, 0.1) is 9.75 Å². The van der Waals surface area contributed by atoms with Crippen molar-refractivity contribution >= 4 is 77.7 Å². The van der Waals surface area contributed by atoms with Crippen molar-refractivity contribution < 1.29 is 0 Å². The molecule has 6 rings (SSSR count). The quantitative estimate of drug-likeness (QED) is 0.0356. The molecular weight excluding hydrogens is 1060 g/mol. The second kappa shape index (κ2) is 39.7. The molecule has 0 aliphatic heterocycles. The van der Waals surface area contributed by atoms with Crippen molar-refractivity contribution in [1.29, 1.82) is 0 Å². The van der Waals surface area contributed by atoms with E-state index < -0.39 is 0 Å². The Labute approximate surface area is 503 Å². The lowest BCUT2D eigenvalue weighted by Gasteiger charge is -2.04. The van der Waals surface area contributed by atoms with E-state index in [1.807, 2.05) is 68.0 Å². The number of nitrogens with zero attached hydrogens (tertiary/aromatic N) is 2. The topological polar surface area (TPSA) is 25.8 Å². The summed E-state index contributed by atoms with van der Waals surface area (Å²) < 4.78 is 0. The van der Waals surface area contributed by atoms with E-state index in [4.69, 9.17) is 9.97 Å². The van der Waals surface area contributed by atoms with Gasteiger partial charge in [0.1, 0.15) is 10.0 Å². The Kier molecular flexibility index (Phi) is 33.4. The Hall–Kier alpha value is -1.68. The van der Waals surface area contributed by atoms with Crippen LogP contribution in [0.5, 0.6) is 0 Å². The maximum atomic E-state index is 5.54. The summed E-state index contributed by atoms with van der Waals surface area (Å²) in [6, 6.07) is 10.2. The number of hydrogen-bond acceptors (Lipinski definition) is 8. The standard InChI is InChI=1S/C70H110N2S6/c1-7-11-15-19-23-27-31-35-39-43-47-57-51-55(5)73-63(57)61-53-59(49-45-41-37-33-29-25-21-17-13-9-3)65(75-61)67-71-69-70(77-67)72-68(78-69)66-60(50-46-42-38-34-30-26-22-18-14-10-4)54-62(76-66)64-58(52-56(6)74-64)48-44-40-36-32-28-24-20-16-12-8-2/h51-54H,7-50H2,1-6H3. The van der Waals surface area contributed by atoms with E-state index >= 15 is 0 Å². The molecule has 0 saturated carbocycles. The Morgan fingerprint density at radius 1 is 0.256 bits per heavy atom. The lowest BCUT2D eigenvalue weighted by atomic mass is 10.0. The molecule has 6 aromatic heterocycles. The molecule has 0 spiro atoms. The van der Waals surface area contributed by atoms with Crippen molar-refractivity contribution in [3.05, 3.63) is 56.3 Å². The van der Waals surface area contributed by atoms with Gasteiger partial charge >= 0.3 is 0 Å². The van der Waals surface area contributed by atoms with Crippen molar-refractivity contribution in [3.63, 3.8) is 0 Å². The molecule has 8 heteroatoms. The molecule has 0 bridgehead atoms. The molecule has 6 aromatic rings. The molecule has 0 aliphatic carbocycles. The Morgan fingerprint density at radius 2 is 0.487 bits per heavy atom. The highest BCUT2D eigenvalue weighted by Crippen LogP contribution is 2.49. The fraction of sp³-hybridized carbons (Fsp3) is 0.714. The second-order valence-electron chi connectivity index (χ2n) is 23.7. The zero-order chi connectivity index (χ0) is 54.8. The van der Waals surface area contributed by atoms with Crippen LogP contribution in [0.4, 0.5) is 0 Å². The van der Waals surface area contributed by atoms with Crippen LogP contribution in [-0.4, -0.2) is 9.97 Å². The van der Waals surface area contributed by atoms with Crippen LogP contribution < -0.4 is 0 Å². The highest BCUT2D eigenvalue weighted by molar-refractivity contribution is 7.33. The third-order valence-corrected chi connectivity index (χ3v) is 23.7. The molecule has 0 atom stereocenters. The van der Waals surface area contributed by atoms with Crippen molar-refractivity contribution in [1.82, 2.24) is 9.97 Å². The number of aromatic nitrogens is 2. The summed E-state index contributed by atoms with van der Waals surface area (Å²) in [6.07, 6.45) is 60.0. The zero-order valence-corrected chi connectivity index (χ0v) is 55.7. The summed E-state index contributed by atoms with van der Waals surface area (Å²) in [6.45, 7) is 13.9. The summed E-state index contributed by atoms with van der Waals surface area (Å²) in [7, 11) is 0. The SMILES string of the molecule is CCCCCCCCCCCCc1cc(C)sc1-c1cc(CCCCCCCCCCCC)c(-c2nc3sc(-c4sc(-c5sc(C)cc5CCCCCCCCCCCC)cc4CCCCCCCCCCCC)nc3s2)s1. The van der Waals surface area contributed by atoms with Crippen molar-refractivity contribution in [2.75, 3.05) is 0 Å². The second-order valence-corrected chi connectivity index (χ2v) is 30.3. The molecule has 0 unspecified atom stereocenters. The van der Waals surface area contributed by atoms with Crippen LogP contribution in [-0.2, 0) is 25.7 Å². The van der Waals surface area contributed by atoms with Gasteiger partial charge in [-0.25, -0.2) is 9.97 Å². The Bertz CT molecular complexity index is 2250. The predicted octanol–water partition coefficient (Wildman–Crippen LogP) is 27.1. The number of thiophene rings is 4. The van der Waals surface area contributed by atoms with Gasteiger partial charge in [0.25, 0.3) is 0 Å². The lowest BCUT2D eigenvalue weighted by Crippen LogP contribution is -1.88. The summed E-state index contributed by atoms with van der Waals surface area (Å²) in [5, 5.41) is 2.39. The lowest BCUT2D eigenvalue weighted by molar-refractivity contribution is 0.556. The molecule has 0 amide bonds. The first-order chi connectivity index (χ1) is 38.4. The minimum absolute atomic E-state index is 1.13. The first-order valence-electron chi connectivity index (χ1n) is 33.1. The van der Waals surface area contributed by atoms with Gasteiger partial charge in [0, 0.05) is 29.3 Å². The van der Waals surface area contributed by atoms with E-state index in [2.05, 4.69) is 65.8 Å². The van der Waals surface area contributed by atoms with Crippen molar-refractivity contribution in [2.24, 2.45) is 0 Å². The summed E-state index contributed by atoms with van der Waals surface area (Å²) >= 11 is 11.8. The molecule has 0 aliphatic rings. The van der Waals surface area contributed by atoms with Gasteiger partial charge in [0.15, 0.2) is 9.66 Å². The average molecular weight is 1170 g/mol. The van der Waals surface area contributed by atoms with Gasteiger partial charge < -0.3 is 0 Å². The van der Waals surface area contributed by atoms with E-state index in [1.54, 1.807) is 11.1 Å². The molecule has 2 nitrogen and oxygen atoms in total. The van der Waals surface area contributed by atoms with Crippen molar-refractivity contribution in [3.8, 4) is 39.3 Å². The van der Waals surface area contributed by atoms with Crippen molar-refractivity contribution in [2.45, 2.75) is 324 Å². The molecule has 6 heterocycles. The van der Waals surface area contributed by atoms with E-state index in [1.165, 1.54) is 330 Å². The number of rotatable bonds is 48. The zero-order valence-electron chi connectivity index (χ0n) is 50.8. The summed E-state index contributed by atoms with van der Waals surface area (Å²) in [5.74, 6) is 0. The van der Waals surface area contributed by atoms with Gasteiger partial charge in [-0.3, -0.25) is 0 Å². The van der Waals surface area contributed by atoms with Crippen LogP contribution in [0.3, 0.4) is 0 Å². The van der Waals surface area contributed by atoms with Gasteiger partial charge in [-0.2, -0.15) is 0 Å². The van der Waals surface area contributed by atoms with Crippen LogP contribution in [0.2, 0.25) is 0 Å². The molecule has 0 N–H and O–H groups in total. The maximum absolute atomic E-state index is 5.54. The van der Waals surface area contributed by atoms with E-state index in [0.717, 1.165) is 22.5 Å². The fourth-order valence-electron chi connectivity index (χ4n) is 11.8. The minimum Gasteiger partial charge on any atom is -0.222 e. The monoisotopic (exact) mass is 1170 g/mol. The highest BCUT2D eigenvalue weighted by atomic mass is 32.1. The number of fused-ring (bicyclic) bond motifs is 1. The largest absolute Gasteiger partial charge is 0.222 e. The minimum atomic E-state index is 1.13. The molecule has 436 valence electrons. The van der Waals surface area contributed by atoms with Gasteiger partial charge in [-0.15, -0.1) is 45.3 Å². The summed E-state index contributed by atoms with van der Waals surface area (Å²) in [5.41, 5.74) is 6.20. The Balaban J connectivity index is 1.17. The smallest absolute Gasteiger partial charge is 0.155 e. The Morgan fingerprint density at radius 3 is 0.744 bits per heavy atom. The molecule has 0 aromatic carbocycles. The summed E-state index contributed by atoms with van der Waals surface area (Å²) in [4.78, 5) is 25.1. The van der Waals surface area contributed by atoms with Gasteiger partial charge in [-0.05, 0) is 112 Å². The van der Waals surface area contributed by atoms with Crippen LogP contribution in [0.15, 0.2) is 24.3 Å². The normalized spacial score (nSPS) is 11.9. The predicted molar refractivity (Wildman–Crippen MR) is 360 cm³/mol. The van der Waals surface area contributed by atoms with E-state index in [9.17, 15) is 0 Å². The first kappa shape index (κ1) is 65.5. The fourth-order valence-corrected chi connectivity index (χ4v) is 18.9. The molecule has 0 fully saturated rings. The molecule has 78 heavy (non-hydrogen) atoms. The molecule has 0 radical (unpaired) electrons. The molecular formula is C70H110N2S6. The number of aryl methyl sites for hydroxylation is 6. The number of unbranched alkanes of at least 4 members (excludes halogenated alkanes) is 36. The first-order valence-corrected chi connectivity index (χ1v) is 38.0.